The van der Waals surface area contributed by atoms with E-state index in [0.29, 0.717) is 22.9 Å². The number of carbonyl (C=O) groups excluding carboxylic acids is 2. The Morgan fingerprint density at radius 3 is 2.47 bits per heavy atom. The summed E-state index contributed by atoms with van der Waals surface area (Å²) in [6, 6.07) is 22.3. The lowest BCUT2D eigenvalue weighted by molar-refractivity contribution is -0.119. The summed E-state index contributed by atoms with van der Waals surface area (Å²) in [6.45, 7) is 1.93. The van der Waals surface area contributed by atoms with Gasteiger partial charge in [0.1, 0.15) is 11.5 Å². The molecule has 0 saturated carbocycles. The summed E-state index contributed by atoms with van der Waals surface area (Å²) in [7, 11) is 1.55. The number of para-hydroxylation sites is 2. The SMILES string of the molecule is COc1ccccc1NC(=O)COc1ccc(/C=N\NC(=O)CSCc2ccccc2C)cc1. The topological polar surface area (TPSA) is 89.0 Å². The number of methoxy groups -OCH3 is 1. The van der Waals surface area contributed by atoms with E-state index >= 15 is 0 Å². The number of carbonyl (C=O) groups is 2. The zero-order chi connectivity index (χ0) is 24.2. The van der Waals surface area contributed by atoms with Crippen molar-refractivity contribution in [3.63, 3.8) is 0 Å². The molecule has 0 heterocycles. The van der Waals surface area contributed by atoms with Gasteiger partial charge in [-0.15, -0.1) is 11.8 Å². The van der Waals surface area contributed by atoms with Crippen LogP contribution in [0, 0.1) is 6.92 Å². The fraction of sp³-hybridized carbons (Fsp3) is 0.192. The van der Waals surface area contributed by atoms with Crippen molar-refractivity contribution in [2.45, 2.75) is 12.7 Å². The van der Waals surface area contributed by atoms with Gasteiger partial charge in [0.25, 0.3) is 5.91 Å². The molecule has 0 fully saturated rings. The number of ether oxygens (including phenoxy) is 2. The van der Waals surface area contributed by atoms with Gasteiger partial charge in [0.05, 0.1) is 24.8 Å². The Labute approximate surface area is 203 Å². The van der Waals surface area contributed by atoms with Crippen molar-refractivity contribution in [1.29, 1.82) is 0 Å². The Kier molecular flexibility index (Phi) is 9.54. The number of nitrogens with zero attached hydrogens (tertiary/aromatic N) is 1. The van der Waals surface area contributed by atoms with Gasteiger partial charge in [0.2, 0.25) is 5.91 Å². The van der Waals surface area contributed by atoms with Gasteiger partial charge in [-0.3, -0.25) is 9.59 Å². The summed E-state index contributed by atoms with van der Waals surface area (Å²) in [5, 5.41) is 6.75. The molecule has 0 aromatic heterocycles. The molecule has 176 valence electrons. The number of aryl methyl sites for hydroxylation is 1. The lowest BCUT2D eigenvalue weighted by Gasteiger charge is -2.10. The zero-order valence-electron chi connectivity index (χ0n) is 19.1. The molecule has 0 atom stereocenters. The summed E-state index contributed by atoms with van der Waals surface area (Å²) in [6.07, 6.45) is 1.56. The van der Waals surface area contributed by atoms with Crippen LogP contribution in [-0.2, 0) is 15.3 Å². The summed E-state index contributed by atoms with van der Waals surface area (Å²) < 4.78 is 10.7. The van der Waals surface area contributed by atoms with E-state index in [0.717, 1.165) is 11.3 Å². The number of rotatable bonds is 11. The van der Waals surface area contributed by atoms with Crippen LogP contribution in [0.25, 0.3) is 0 Å². The van der Waals surface area contributed by atoms with E-state index in [4.69, 9.17) is 9.47 Å². The number of anilines is 1. The quantitative estimate of drug-likeness (QED) is 0.316. The van der Waals surface area contributed by atoms with E-state index in [2.05, 4.69) is 34.9 Å². The summed E-state index contributed by atoms with van der Waals surface area (Å²) in [4.78, 5) is 24.1. The Bertz CT molecular complexity index is 1130. The number of thioether (sulfide) groups is 1. The highest BCUT2D eigenvalue weighted by Gasteiger charge is 2.08. The van der Waals surface area contributed by atoms with E-state index in [1.54, 1.807) is 61.5 Å². The van der Waals surface area contributed by atoms with Crippen LogP contribution in [0.3, 0.4) is 0 Å². The van der Waals surface area contributed by atoms with E-state index in [9.17, 15) is 9.59 Å². The van der Waals surface area contributed by atoms with Crippen molar-refractivity contribution < 1.29 is 19.1 Å². The number of amides is 2. The summed E-state index contributed by atoms with van der Waals surface area (Å²) in [5.74, 6) is 1.78. The Balaban J connectivity index is 1.38. The van der Waals surface area contributed by atoms with E-state index in [-0.39, 0.29) is 18.4 Å². The molecule has 0 bridgehead atoms. The second-order valence-electron chi connectivity index (χ2n) is 7.32. The maximum absolute atomic E-state index is 12.1. The van der Waals surface area contributed by atoms with Crippen LogP contribution in [0.2, 0.25) is 0 Å². The number of benzene rings is 3. The van der Waals surface area contributed by atoms with Gasteiger partial charge >= 0.3 is 0 Å². The highest BCUT2D eigenvalue weighted by atomic mass is 32.2. The molecule has 0 aliphatic carbocycles. The van der Waals surface area contributed by atoms with Crippen molar-refractivity contribution in [2.24, 2.45) is 5.10 Å². The fourth-order valence-electron chi connectivity index (χ4n) is 2.97. The molecule has 0 unspecified atom stereocenters. The minimum absolute atomic E-state index is 0.137. The van der Waals surface area contributed by atoms with Crippen molar-refractivity contribution in [3.8, 4) is 11.5 Å². The first-order valence-electron chi connectivity index (χ1n) is 10.6. The molecule has 2 amide bonds. The van der Waals surface area contributed by atoms with Crippen molar-refractivity contribution >= 4 is 35.5 Å². The molecule has 0 aliphatic heterocycles. The van der Waals surface area contributed by atoms with Crippen LogP contribution in [-0.4, -0.2) is 37.5 Å². The third-order valence-electron chi connectivity index (χ3n) is 4.79. The standard InChI is InChI=1S/C26H27N3O4S/c1-19-7-3-4-8-21(19)17-34-18-26(31)29-27-15-20-11-13-22(14-12-20)33-16-25(30)28-23-9-5-6-10-24(23)32-2/h3-15H,16-18H2,1-2H3,(H,28,30)(H,29,31)/b27-15-. The molecule has 0 saturated heterocycles. The van der Waals surface area contributed by atoms with Crippen LogP contribution < -0.4 is 20.2 Å². The van der Waals surface area contributed by atoms with Crippen LogP contribution in [0.5, 0.6) is 11.5 Å². The predicted octanol–water partition coefficient (Wildman–Crippen LogP) is 4.40. The number of hydrazone groups is 1. The smallest absolute Gasteiger partial charge is 0.262 e. The average molecular weight is 478 g/mol. The van der Waals surface area contributed by atoms with Crippen LogP contribution in [0.15, 0.2) is 77.9 Å². The molecule has 8 heteroatoms. The molecule has 2 N–H and O–H groups in total. The molecule has 34 heavy (non-hydrogen) atoms. The minimum Gasteiger partial charge on any atom is -0.495 e. The van der Waals surface area contributed by atoms with Crippen molar-refractivity contribution in [1.82, 2.24) is 5.43 Å². The molecule has 0 spiro atoms. The van der Waals surface area contributed by atoms with Gasteiger partial charge in [-0.1, -0.05) is 36.4 Å². The van der Waals surface area contributed by atoms with Crippen LogP contribution >= 0.6 is 11.8 Å². The van der Waals surface area contributed by atoms with Gasteiger partial charge in [-0.2, -0.15) is 5.10 Å². The average Bonchev–Trinajstić information content (AvgIpc) is 2.85. The van der Waals surface area contributed by atoms with Gasteiger partial charge in [0.15, 0.2) is 6.61 Å². The Morgan fingerprint density at radius 2 is 1.71 bits per heavy atom. The second-order valence-corrected chi connectivity index (χ2v) is 8.30. The number of hydrogen-bond donors (Lipinski definition) is 2. The largest absolute Gasteiger partial charge is 0.495 e. The second kappa shape index (κ2) is 13.1. The van der Waals surface area contributed by atoms with E-state index < -0.39 is 0 Å². The highest BCUT2D eigenvalue weighted by molar-refractivity contribution is 7.99. The van der Waals surface area contributed by atoms with Gasteiger partial charge in [-0.05, 0) is 60.0 Å². The predicted molar refractivity (Wildman–Crippen MR) is 137 cm³/mol. The third kappa shape index (κ3) is 7.97. The molecule has 3 aromatic rings. The van der Waals surface area contributed by atoms with Crippen molar-refractivity contribution in [3.05, 3.63) is 89.5 Å². The van der Waals surface area contributed by atoms with Gasteiger partial charge in [0, 0.05) is 5.75 Å². The Morgan fingerprint density at radius 1 is 0.971 bits per heavy atom. The summed E-state index contributed by atoms with van der Waals surface area (Å²) >= 11 is 1.54. The molecular weight excluding hydrogens is 450 g/mol. The Hall–Kier alpha value is -3.78. The molecule has 3 aromatic carbocycles. The number of hydrogen-bond acceptors (Lipinski definition) is 6. The maximum Gasteiger partial charge on any atom is 0.262 e. The van der Waals surface area contributed by atoms with Gasteiger partial charge in [-0.25, -0.2) is 5.43 Å². The molecule has 0 radical (unpaired) electrons. The molecule has 3 rings (SSSR count). The normalized spacial score (nSPS) is 10.6. The fourth-order valence-corrected chi connectivity index (χ4v) is 3.87. The van der Waals surface area contributed by atoms with Crippen LogP contribution in [0.1, 0.15) is 16.7 Å². The van der Waals surface area contributed by atoms with Gasteiger partial charge < -0.3 is 14.8 Å². The summed E-state index contributed by atoms with van der Waals surface area (Å²) in [5.41, 5.74) is 6.35. The number of nitrogens with one attached hydrogen (secondary N) is 2. The minimum atomic E-state index is -0.293. The molecular formula is C26H27N3O4S. The highest BCUT2D eigenvalue weighted by Crippen LogP contribution is 2.23. The lowest BCUT2D eigenvalue weighted by Crippen LogP contribution is -2.20. The third-order valence-corrected chi connectivity index (χ3v) is 5.77. The van der Waals surface area contributed by atoms with Crippen molar-refractivity contribution in [2.75, 3.05) is 24.8 Å². The van der Waals surface area contributed by atoms with E-state index in [1.165, 1.54) is 11.1 Å². The first-order chi connectivity index (χ1) is 16.5. The maximum atomic E-state index is 12.1. The first kappa shape index (κ1) is 24.9. The molecule has 7 nitrogen and oxygen atoms in total. The van der Waals surface area contributed by atoms with Crippen LogP contribution in [0.4, 0.5) is 5.69 Å². The van der Waals surface area contributed by atoms with E-state index in [1.807, 2.05) is 24.3 Å². The molecule has 0 aliphatic rings. The lowest BCUT2D eigenvalue weighted by atomic mass is 10.1. The first-order valence-corrected chi connectivity index (χ1v) is 11.8. The zero-order valence-corrected chi connectivity index (χ0v) is 19.9. The monoisotopic (exact) mass is 477 g/mol.